The standard InChI is InChI=1S/C15H24ClN/c1-4-9-17-11-14(12(2)3)10-13-7-5-6-8-15(13)16/h5-8,12,14,17H,4,9-11H2,1-3H3. The normalized spacial score (nSPS) is 13.0. The zero-order chi connectivity index (χ0) is 12.7. The Bertz CT molecular complexity index is 322. The van der Waals surface area contributed by atoms with Crippen LogP contribution in [0.15, 0.2) is 24.3 Å². The van der Waals surface area contributed by atoms with Crippen LogP contribution in [0.25, 0.3) is 0 Å². The summed E-state index contributed by atoms with van der Waals surface area (Å²) in [5, 5.41) is 4.41. The third-order valence-corrected chi connectivity index (χ3v) is 3.58. The van der Waals surface area contributed by atoms with Crippen molar-refractivity contribution in [3.05, 3.63) is 34.9 Å². The topological polar surface area (TPSA) is 12.0 Å². The highest BCUT2D eigenvalue weighted by Crippen LogP contribution is 2.22. The van der Waals surface area contributed by atoms with E-state index in [1.165, 1.54) is 12.0 Å². The molecule has 17 heavy (non-hydrogen) atoms. The maximum absolute atomic E-state index is 6.21. The van der Waals surface area contributed by atoms with Crippen molar-refractivity contribution in [2.24, 2.45) is 11.8 Å². The summed E-state index contributed by atoms with van der Waals surface area (Å²) in [4.78, 5) is 0. The number of benzene rings is 1. The highest BCUT2D eigenvalue weighted by molar-refractivity contribution is 6.31. The predicted molar refractivity (Wildman–Crippen MR) is 76.6 cm³/mol. The fraction of sp³-hybridized carbons (Fsp3) is 0.600. The monoisotopic (exact) mass is 253 g/mol. The van der Waals surface area contributed by atoms with Crippen LogP contribution in [-0.2, 0) is 6.42 Å². The second-order valence-electron chi connectivity index (χ2n) is 5.00. The van der Waals surface area contributed by atoms with Crippen molar-refractivity contribution < 1.29 is 0 Å². The molecule has 0 spiro atoms. The van der Waals surface area contributed by atoms with Crippen molar-refractivity contribution in [2.45, 2.75) is 33.6 Å². The summed E-state index contributed by atoms with van der Waals surface area (Å²) in [6, 6.07) is 8.18. The zero-order valence-electron chi connectivity index (χ0n) is 11.2. The lowest BCUT2D eigenvalue weighted by atomic mass is 9.89. The molecule has 0 amide bonds. The first-order valence-electron chi connectivity index (χ1n) is 6.59. The van der Waals surface area contributed by atoms with Gasteiger partial charge in [0.2, 0.25) is 0 Å². The van der Waals surface area contributed by atoms with Crippen molar-refractivity contribution in [1.82, 2.24) is 5.32 Å². The van der Waals surface area contributed by atoms with Crippen molar-refractivity contribution in [2.75, 3.05) is 13.1 Å². The van der Waals surface area contributed by atoms with E-state index < -0.39 is 0 Å². The van der Waals surface area contributed by atoms with Crippen LogP contribution in [0, 0.1) is 11.8 Å². The van der Waals surface area contributed by atoms with Gasteiger partial charge >= 0.3 is 0 Å². The summed E-state index contributed by atoms with van der Waals surface area (Å²) < 4.78 is 0. The summed E-state index contributed by atoms with van der Waals surface area (Å²) in [6.45, 7) is 8.96. The van der Waals surface area contributed by atoms with Gasteiger partial charge in [0.25, 0.3) is 0 Å². The summed E-state index contributed by atoms with van der Waals surface area (Å²) in [5.74, 6) is 1.33. The number of hydrogen-bond acceptors (Lipinski definition) is 1. The van der Waals surface area contributed by atoms with E-state index >= 15 is 0 Å². The van der Waals surface area contributed by atoms with Crippen molar-refractivity contribution in [1.29, 1.82) is 0 Å². The molecule has 0 bridgehead atoms. The molecule has 1 nitrogen and oxygen atoms in total. The zero-order valence-corrected chi connectivity index (χ0v) is 11.9. The molecule has 0 aromatic heterocycles. The van der Waals surface area contributed by atoms with Gasteiger partial charge < -0.3 is 5.32 Å². The fourth-order valence-electron chi connectivity index (χ4n) is 1.95. The Balaban J connectivity index is 2.57. The van der Waals surface area contributed by atoms with Gasteiger partial charge in [0.15, 0.2) is 0 Å². The van der Waals surface area contributed by atoms with Crippen molar-refractivity contribution in [3.63, 3.8) is 0 Å². The maximum Gasteiger partial charge on any atom is 0.0438 e. The van der Waals surface area contributed by atoms with Crippen molar-refractivity contribution in [3.8, 4) is 0 Å². The summed E-state index contributed by atoms with van der Waals surface area (Å²) in [5.41, 5.74) is 1.27. The van der Waals surface area contributed by atoms with E-state index in [-0.39, 0.29) is 0 Å². The smallest absolute Gasteiger partial charge is 0.0438 e. The molecule has 0 saturated carbocycles. The van der Waals surface area contributed by atoms with Crippen LogP contribution in [-0.4, -0.2) is 13.1 Å². The molecule has 96 valence electrons. The molecule has 0 fully saturated rings. The van der Waals surface area contributed by atoms with Crippen LogP contribution in [0.5, 0.6) is 0 Å². The Morgan fingerprint density at radius 2 is 1.94 bits per heavy atom. The lowest BCUT2D eigenvalue weighted by Crippen LogP contribution is -2.28. The van der Waals surface area contributed by atoms with E-state index in [4.69, 9.17) is 11.6 Å². The summed E-state index contributed by atoms with van der Waals surface area (Å²) in [7, 11) is 0. The highest BCUT2D eigenvalue weighted by Gasteiger charge is 2.14. The van der Waals surface area contributed by atoms with Crippen LogP contribution in [0.4, 0.5) is 0 Å². The van der Waals surface area contributed by atoms with Gasteiger partial charge in [0.1, 0.15) is 0 Å². The quantitative estimate of drug-likeness (QED) is 0.720. The van der Waals surface area contributed by atoms with Gasteiger partial charge in [-0.2, -0.15) is 0 Å². The molecule has 0 aliphatic carbocycles. The first-order valence-corrected chi connectivity index (χ1v) is 6.97. The number of hydrogen-bond donors (Lipinski definition) is 1. The largest absolute Gasteiger partial charge is 0.316 e. The second-order valence-corrected chi connectivity index (χ2v) is 5.41. The first-order chi connectivity index (χ1) is 8.15. The number of rotatable bonds is 7. The van der Waals surface area contributed by atoms with Gasteiger partial charge in [0, 0.05) is 5.02 Å². The van der Waals surface area contributed by atoms with Crippen LogP contribution in [0.1, 0.15) is 32.8 Å². The molecule has 0 aliphatic rings. The number of nitrogens with one attached hydrogen (secondary N) is 1. The Morgan fingerprint density at radius 3 is 2.53 bits per heavy atom. The van der Waals surface area contributed by atoms with Gasteiger partial charge in [-0.15, -0.1) is 0 Å². The van der Waals surface area contributed by atoms with E-state index in [0.717, 1.165) is 24.5 Å². The molecule has 0 aliphatic heterocycles. The van der Waals surface area contributed by atoms with E-state index in [1.807, 2.05) is 12.1 Å². The average Bonchev–Trinajstić information content (AvgIpc) is 2.30. The fourth-order valence-corrected chi connectivity index (χ4v) is 2.17. The summed E-state index contributed by atoms with van der Waals surface area (Å²) in [6.07, 6.45) is 2.25. The average molecular weight is 254 g/mol. The molecule has 1 rings (SSSR count). The van der Waals surface area contributed by atoms with Gasteiger partial charge in [-0.25, -0.2) is 0 Å². The lowest BCUT2D eigenvalue weighted by Gasteiger charge is -2.22. The van der Waals surface area contributed by atoms with E-state index in [9.17, 15) is 0 Å². The SMILES string of the molecule is CCCNCC(Cc1ccccc1Cl)C(C)C. The third kappa shape index (κ3) is 5.10. The Kier molecular flexibility index (Phi) is 6.61. The third-order valence-electron chi connectivity index (χ3n) is 3.22. The molecule has 0 saturated heterocycles. The molecule has 2 heteroatoms. The van der Waals surface area contributed by atoms with Crippen LogP contribution < -0.4 is 5.32 Å². The molecule has 0 radical (unpaired) electrons. The van der Waals surface area contributed by atoms with Gasteiger partial charge in [-0.05, 0) is 49.4 Å². The minimum Gasteiger partial charge on any atom is -0.316 e. The van der Waals surface area contributed by atoms with E-state index in [0.29, 0.717) is 11.8 Å². The molecule has 0 heterocycles. The van der Waals surface area contributed by atoms with Gasteiger partial charge in [-0.3, -0.25) is 0 Å². The second kappa shape index (κ2) is 7.73. The molecule has 1 aromatic carbocycles. The summed E-state index contributed by atoms with van der Waals surface area (Å²) >= 11 is 6.21. The van der Waals surface area contributed by atoms with Gasteiger partial charge in [0.05, 0.1) is 0 Å². The molecular weight excluding hydrogens is 230 g/mol. The lowest BCUT2D eigenvalue weighted by molar-refractivity contribution is 0.361. The van der Waals surface area contributed by atoms with E-state index in [1.54, 1.807) is 0 Å². The molecule has 1 aromatic rings. The first kappa shape index (κ1) is 14.5. The Labute approximate surface area is 111 Å². The molecule has 1 N–H and O–H groups in total. The molecule has 1 unspecified atom stereocenters. The number of halogens is 1. The van der Waals surface area contributed by atoms with Crippen LogP contribution in [0.2, 0.25) is 5.02 Å². The van der Waals surface area contributed by atoms with Gasteiger partial charge in [-0.1, -0.05) is 50.6 Å². The minimum absolute atomic E-state index is 0.654. The minimum atomic E-state index is 0.654. The highest BCUT2D eigenvalue weighted by atomic mass is 35.5. The molecule has 1 atom stereocenters. The van der Waals surface area contributed by atoms with Crippen molar-refractivity contribution >= 4 is 11.6 Å². The molecular formula is C15H24ClN. The van der Waals surface area contributed by atoms with Crippen LogP contribution in [0.3, 0.4) is 0 Å². The van der Waals surface area contributed by atoms with Crippen LogP contribution >= 0.6 is 11.6 Å². The van der Waals surface area contributed by atoms with E-state index in [2.05, 4.69) is 38.2 Å². The Hall–Kier alpha value is -0.530. The Morgan fingerprint density at radius 1 is 1.24 bits per heavy atom. The maximum atomic E-state index is 6.21. The predicted octanol–water partition coefficient (Wildman–Crippen LogP) is 4.15.